The summed E-state index contributed by atoms with van der Waals surface area (Å²) in [5, 5.41) is 9.09. The van der Waals surface area contributed by atoms with Crippen molar-refractivity contribution in [3.63, 3.8) is 0 Å². The fourth-order valence-corrected chi connectivity index (χ4v) is 2.72. The Bertz CT molecular complexity index is 475. The third-order valence-electron chi connectivity index (χ3n) is 4.10. The van der Waals surface area contributed by atoms with E-state index in [4.69, 9.17) is 5.11 Å². The fourth-order valence-electron chi connectivity index (χ4n) is 2.72. The zero-order valence-electron chi connectivity index (χ0n) is 11.4. The average molecular weight is 269 g/mol. The van der Waals surface area contributed by atoms with Gasteiger partial charge in [0.15, 0.2) is 0 Å². The van der Waals surface area contributed by atoms with E-state index in [1.807, 2.05) is 12.1 Å². The minimum Gasteiger partial charge on any atom is -0.478 e. The molecule has 0 amide bonds. The molecule has 0 atom stereocenters. The van der Waals surface area contributed by atoms with Crippen LogP contribution in [0.4, 0.5) is 0 Å². The van der Waals surface area contributed by atoms with Crippen molar-refractivity contribution in [3.05, 3.63) is 34.9 Å². The Morgan fingerprint density at radius 3 is 2.06 bits per heavy atom. The van der Waals surface area contributed by atoms with Crippen molar-refractivity contribution in [2.75, 3.05) is 0 Å². The van der Waals surface area contributed by atoms with Crippen molar-refractivity contribution in [1.29, 1.82) is 0 Å². The Morgan fingerprint density at radius 1 is 1.06 bits per heavy atom. The SMILES string of the molecule is CC1(C)CCC(C)(C)c2cc(C(=O)O)ccc21.Cl. The summed E-state index contributed by atoms with van der Waals surface area (Å²) in [6.07, 6.45) is 2.26. The van der Waals surface area contributed by atoms with E-state index in [1.54, 1.807) is 6.07 Å². The number of rotatable bonds is 1. The highest BCUT2D eigenvalue weighted by molar-refractivity contribution is 5.88. The highest BCUT2D eigenvalue weighted by Crippen LogP contribution is 2.45. The van der Waals surface area contributed by atoms with E-state index in [-0.39, 0.29) is 23.2 Å². The van der Waals surface area contributed by atoms with Crippen molar-refractivity contribution in [1.82, 2.24) is 0 Å². The second-order valence-electron chi connectivity index (χ2n) is 6.33. The molecule has 0 fully saturated rings. The molecule has 0 radical (unpaired) electrons. The molecule has 0 aromatic heterocycles. The van der Waals surface area contributed by atoms with E-state index in [0.29, 0.717) is 5.56 Å². The zero-order valence-corrected chi connectivity index (χ0v) is 12.2. The monoisotopic (exact) mass is 268 g/mol. The summed E-state index contributed by atoms with van der Waals surface area (Å²) < 4.78 is 0. The summed E-state index contributed by atoms with van der Waals surface area (Å²) in [5.41, 5.74) is 3.14. The molecule has 0 bridgehead atoms. The van der Waals surface area contributed by atoms with E-state index in [0.717, 1.165) is 12.8 Å². The summed E-state index contributed by atoms with van der Waals surface area (Å²) in [4.78, 5) is 11.1. The van der Waals surface area contributed by atoms with E-state index in [2.05, 4.69) is 27.7 Å². The van der Waals surface area contributed by atoms with Crippen LogP contribution in [-0.4, -0.2) is 11.1 Å². The number of fused-ring (bicyclic) bond motifs is 1. The number of carboxylic acids is 1. The number of carbonyl (C=O) groups is 1. The Kier molecular flexibility index (Phi) is 3.83. The van der Waals surface area contributed by atoms with Gasteiger partial charge in [-0.25, -0.2) is 4.79 Å². The maximum Gasteiger partial charge on any atom is 0.335 e. The van der Waals surface area contributed by atoms with Crippen molar-refractivity contribution in [3.8, 4) is 0 Å². The lowest BCUT2D eigenvalue weighted by Gasteiger charge is -2.41. The first-order chi connectivity index (χ1) is 7.74. The van der Waals surface area contributed by atoms with Gasteiger partial charge in [0.25, 0.3) is 0 Å². The van der Waals surface area contributed by atoms with E-state index < -0.39 is 5.97 Å². The van der Waals surface area contributed by atoms with Crippen LogP contribution in [0.25, 0.3) is 0 Å². The summed E-state index contributed by atoms with van der Waals surface area (Å²) in [6, 6.07) is 5.59. The van der Waals surface area contributed by atoms with Crippen LogP contribution in [0.5, 0.6) is 0 Å². The topological polar surface area (TPSA) is 37.3 Å². The summed E-state index contributed by atoms with van der Waals surface area (Å²) in [7, 11) is 0. The van der Waals surface area contributed by atoms with Crippen LogP contribution in [0.15, 0.2) is 18.2 Å². The first-order valence-electron chi connectivity index (χ1n) is 6.12. The van der Waals surface area contributed by atoms with Gasteiger partial charge in [-0.15, -0.1) is 12.4 Å². The van der Waals surface area contributed by atoms with Crippen LogP contribution in [0, 0.1) is 0 Å². The van der Waals surface area contributed by atoms with Crippen LogP contribution in [0.3, 0.4) is 0 Å². The molecule has 1 aromatic carbocycles. The molecular weight excluding hydrogens is 248 g/mol. The largest absolute Gasteiger partial charge is 0.478 e. The molecule has 0 heterocycles. The Hall–Kier alpha value is -1.02. The zero-order chi connectivity index (χ0) is 12.8. The molecule has 0 saturated carbocycles. The predicted octanol–water partition coefficient (Wildman–Crippen LogP) is 4.16. The normalized spacial score (nSPS) is 19.6. The van der Waals surface area contributed by atoms with Crippen LogP contribution in [0.2, 0.25) is 0 Å². The predicted molar refractivity (Wildman–Crippen MR) is 75.9 cm³/mol. The first kappa shape index (κ1) is 15.0. The van der Waals surface area contributed by atoms with E-state index in [9.17, 15) is 4.79 Å². The van der Waals surface area contributed by atoms with Gasteiger partial charge in [0.05, 0.1) is 5.56 Å². The minimum atomic E-state index is -0.841. The van der Waals surface area contributed by atoms with Gasteiger partial charge in [0.2, 0.25) is 0 Å². The van der Waals surface area contributed by atoms with Crippen molar-refractivity contribution < 1.29 is 9.90 Å². The summed E-state index contributed by atoms with van der Waals surface area (Å²) in [5.74, 6) is -0.841. The van der Waals surface area contributed by atoms with Gasteiger partial charge in [-0.05, 0) is 46.9 Å². The summed E-state index contributed by atoms with van der Waals surface area (Å²) in [6.45, 7) is 8.88. The van der Waals surface area contributed by atoms with Crippen LogP contribution >= 0.6 is 12.4 Å². The van der Waals surface area contributed by atoms with E-state index >= 15 is 0 Å². The highest BCUT2D eigenvalue weighted by atomic mass is 35.5. The fraction of sp³-hybridized carbons (Fsp3) is 0.533. The Morgan fingerprint density at radius 2 is 1.56 bits per heavy atom. The maximum atomic E-state index is 11.1. The Labute approximate surface area is 115 Å². The lowest BCUT2D eigenvalue weighted by molar-refractivity contribution is 0.0696. The second kappa shape index (κ2) is 4.58. The number of carboxylic acid groups (broad SMARTS) is 1. The van der Waals surface area contributed by atoms with Gasteiger partial charge in [-0.1, -0.05) is 33.8 Å². The maximum absolute atomic E-state index is 11.1. The molecule has 1 aliphatic rings. The molecule has 1 aromatic rings. The molecule has 1 N–H and O–H groups in total. The van der Waals surface area contributed by atoms with Crippen LogP contribution in [-0.2, 0) is 10.8 Å². The minimum absolute atomic E-state index is 0. The molecular formula is C15H21ClO2. The third-order valence-corrected chi connectivity index (χ3v) is 4.10. The standard InChI is InChI=1S/C15H20O2.ClH/c1-14(2)7-8-15(3,4)12-9-10(13(16)17)5-6-11(12)14;/h5-6,9H,7-8H2,1-4H3,(H,16,17);1H. The first-order valence-corrected chi connectivity index (χ1v) is 6.12. The molecule has 0 unspecified atom stereocenters. The second-order valence-corrected chi connectivity index (χ2v) is 6.33. The molecule has 2 rings (SSSR count). The smallest absolute Gasteiger partial charge is 0.335 e. The van der Waals surface area contributed by atoms with Gasteiger partial charge in [0, 0.05) is 0 Å². The quantitative estimate of drug-likeness (QED) is 0.831. The molecule has 3 heteroatoms. The molecule has 0 spiro atoms. The molecule has 1 aliphatic carbocycles. The molecule has 0 aliphatic heterocycles. The average Bonchev–Trinajstić information content (AvgIpc) is 2.24. The number of halogens is 1. The number of hydrogen-bond donors (Lipinski definition) is 1. The highest BCUT2D eigenvalue weighted by Gasteiger charge is 2.37. The lowest BCUT2D eigenvalue weighted by Crippen LogP contribution is -2.34. The number of benzene rings is 1. The number of hydrogen-bond acceptors (Lipinski definition) is 1. The van der Waals surface area contributed by atoms with Crippen LogP contribution < -0.4 is 0 Å². The van der Waals surface area contributed by atoms with Gasteiger partial charge in [0.1, 0.15) is 0 Å². The van der Waals surface area contributed by atoms with Gasteiger partial charge >= 0.3 is 5.97 Å². The van der Waals surface area contributed by atoms with Crippen molar-refractivity contribution in [2.24, 2.45) is 0 Å². The Balaban J connectivity index is 0.00000162. The third kappa shape index (κ3) is 2.39. The van der Waals surface area contributed by atoms with E-state index in [1.165, 1.54) is 11.1 Å². The number of aromatic carboxylic acids is 1. The summed E-state index contributed by atoms with van der Waals surface area (Å²) >= 11 is 0. The molecule has 18 heavy (non-hydrogen) atoms. The molecule has 0 saturated heterocycles. The van der Waals surface area contributed by atoms with Crippen molar-refractivity contribution >= 4 is 18.4 Å². The van der Waals surface area contributed by atoms with Crippen LogP contribution in [0.1, 0.15) is 62.0 Å². The van der Waals surface area contributed by atoms with Gasteiger partial charge in [-0.3, -0.25) is 0 Å². The molecule has 100 valence electrons. The van der Waals surface area contributed by atoms with Crippen molar-refractivity contribution in [2.45, 2.75) is 51.4 Å². The van der Waals surface area contributed by atoms with Gasteiger partial charge in [-0.2, -0.15) is 0 Å². The lowest BCUT2D eigenvalue weighted by atomic mass is 9.63. The van der Waals surface area contributed by atoms with Gasteiger partial charge < -0.3 is 5.11 Å². The molecule has 2 nitrogen and oxygen atoms in total.